The lowest BCUT2D eigenvalue weighted by Crippen LogP contribution is -2.61. The van der Waals surface area contributed by atoms with Crippen molar-refractivity contribution in [1.82, 2.24) is 4.57 Å². The fraction of sp³-hybridized carbons (Fsp3) is 0.273. The number of hydroxylamine groups is 1. The van der Waals surface area contributed by atoms with Crippen molar-refractivity contribution in [1.29, 1.82) is 0 Å². The maximum Gasteiger partial charge on any atom is 0.348 e. The molecule has 1 aromatic heterocycles. The molecule has 1 unspecified atom stereocenters. The molecule has 0 radical (unpaired) electrons. The van der Waals surface area contributed by atoms with E-state index in [9.17, 15) is 9.59 Å². The van der Waals surface area contributed by atoms with E-state index in [-0.39, 0.29) is 6.61 Å². The van der Waals surface area contributed by atoms with Gasteiger partial charge in [-0.05, 0) is 36.6 Å². The Morgan fingerprint density at radius 1 is 1.00 bits per heavy atom. The standard InChI is InChI=1S/C22H22N2O5/c1-15-8-10-17(11-9-15)24-22(20(25)27-2,21(26)28-3)19(14-29-24)23-13-12-16-6-4-5-7-18(16)23/h4-13,19H,14H2,1-3H3. The Labute approximate surface area is 168 Å². The summed E-state index contributed by atoms with van der Waals surface area (Å²) in [5.41, 5.74) is 0.651. The van der Waals surface area contributed by atoms with Crippen molar-refractivity contribution in [3.05, 3.63) is 66.4 Å². The van der Waals surface area contributed by atoms with Crippen molar-refractivity contribution < 1.29 is 23.9 Å². The zero-order chi connectivity index (χ0) is 20.6. The molecule has 4 rings (SSSR count). The summed E-state index contributed by atoms with van der Waals surface area (Å²) in [6.07, 6.45) is 1.85. The number of esters is 2. The fourth-order valence-corrected chi connectivity index (χ4v) is 3.95. The molecule has 2 heterocycles. The molecular formula is C22H22N2O5. The smallest absolute Gasteiger partial charge is 0.348 e. The van der Waals surface area contributed by atoms with E-state index in [4.69, 9.17) is 14.3 Å². The molecule has 29 heavy (non-hydrogen) atoms. The van der Waals surface area contributed by atoms with Crippen LogP contribution in [0.4, 0.5) is 5.69 Å². The van der Waals surface area contributed by atoms with Crippen molar-refractivity contribution in [3.8, 4) is 0 Å². The first-order valence-corrected chi connectivity index (χ1v) is 9.26. The Morgan fingerprint density at radius 2 is 1.66 bits per heavy atom. The highest BCUT2D eigenvalue weighted by molar-refractivity contribution is 6.09. The minimum Gasteiger partial charge on any atom is -0.467 e. The number of ether oxygens (including phenoxy) is 2. The number of para-hydroxylation sites is 1. The summed E-state index contributed by atoms with van der Waals surface area (Å²) in [4.78, 5) is 32.3. The first-order valence-electron chi connectivity index (χ1n) is 9.26. The van der Waals surface area contributed by atoms with Crippen LogP contribution in [0.5, 0.6) is 0 Å². The maximum absolute atomic E-state index is 13.2. The number of methoxy groups -OCH3 is 2. The molecule has 0 aliphatic carbocycles. The minimum atomic E-state index is -1.83. The van der Waals surface area contributed by atoms with E-state index in [0.29, 0.717) is 5.69 Å². The van der Waals surface area contributed by atoms with Crippen LogP contribution in [-0.4, -0.2) is 42.9 Å². The summed E-state index contributed by atoms with van der Waals surface area (Å²) >= 11 is 0. The molecule has 7 nitrogen and oxygen atoms in total. The molecule has 7 heteroatoms. The van der Waals surface area contributed by atoms with Crippen LogP contribution in [0.3, 0.4) is 0 Å². The molecule has 1 saturated heterocycles. The van der Waals surface area contributed by atoms with E-state index in [0.717, 1.165) is 16.5 Å². The predicted molar refractivity (Wildman–Crippen MR) is 107 cm³/mol. The molecule has 0 spiro atoms. The average Bonchev–Trinajstić information content (AvgIpc) is 3.35. The fourth-order valence-electron chi connectivity index (χ4n) is 3.95. The summed E-state index contributed by atoms with van der Waals surface area (Å²) < 4.78 is 12.1. The zero-order valence-electron chi connectivity index (χ0n) is 16.5. The number of anilines is 1. The third-order valence-corrected chi connectivity index (χ3v) is 5.39. The van der Waals surface area contributed by atoms with Gasteiger partial charge in [0.25, 0.3) is 5.54 Å². The number of aryl methyl sites for hydroxylation is 1. The van der Waals surface area contributed by atoms with Crippen LogP contribution in [-0.2, 0) is 23.9 Å². The Kier molecular flexibility index (Phi) is 4.76. The van der Waals surface area contributed by atoms with Gasteiger partial charge < -0.3 is 14.0 Å². The Morgan fingerprint density at radius 3 is 2.31 bits per heavy atom. The van der Waals surface area contributed by atoms with E-state index >= 15 is 0 Å². The number of aromatic nitrogens is 1. The van der Waals surface area contributed by atoms with Gasteiger partial charge in [0.1, 0.15) is 6.04 Å². The lowest BCUT2D eigenvalue weighted by Gasteiger charge is -2.36. The Bertz CT molecular complexity index is 1040. The number of carbonyl (C=O) groups is 2. The quantitative estimate of drug-likeness (QED) is 0.500. The minimum absolute atomic E-state index is 0.0940. The number of hydrogen-bond donors (Lipinski definition) is 0. The van der Waals surface area contributed by atoms with Crippen LogP contribution in [0.25, 0.3) is 10.9 Å². The summed E-state index contributed by atoms with van der Waals surface area (Å²) in [5, 5.41) is 2.31. The number of fused-ring (bicyclic) bond motifs is 1. The van der Waals surface area contributed by atoms with Crippen LogP contribution in [0.2, 0.25) is 0 Å². The maximum atomic E-state index is 13.2. The van der Waals surface area contributed by atoms with E-state index in [1.807, 2.05) is 60.2 Å². The van der Waals surface area contributed by atoms with Crippen LogP contribution < -0.4 is 5.06 Å². The van der Waals surface area contributed by atoms with Crippen LogP contribution in [0, 0.1) is 6.92 Å². The third-order valence-electron chi connectivity index (χ3n) is 5.39. The van der Waals surface area contributed by atoms with Gasteiger partial charge in [0.2, 0.25) is 0 Å². The number of carbonyl (C=O) groups excluding carboxylic acids is 2. The molecule has 0 N–H and O–H groups in total. The van der Waals surface area contributed by atoms with E-state index in [2.05, 4.69) is 0 Å². The summed E-state index contributed by atoms with van der Waals surface area (Å²) in [6.45, 7) is 2.05. The highest BCUT2D eigenvalue weighted by Crippen LogP contribution is 2.43. The van der Waals surface area contributed by atoms with Crippen molar-refractivity contribution in [2.45, 2.75) is 18.5 Å². The molecule has 2 aromatic carbocycles. The Hall–Kier alpha value is -3.32. The van der Waals surface area contributed by atoms with E-state index in [1.165, 1.54) is 19.3 Å². The highest BCUT2D eigenvalue weighted by atomic mass is 16.7. The van der Waals surface area contributed by atoms with Crippen LogP contribution in [0.15, 0.2) is 60.8 Å². The molecule has 1 aliphatic rings. The second kappa shape index (κ2) is 7.25. The molecule has 1 fully saturated rings. The third kappa shape index (κ3) is 2.77. The number of hydrogen-bond acceptors (Lipinski definition) is 6. The van der Waals surface area contributed by atoms with Gasteiger partial charge in [-0.2, -0.15) is 0 Å². The highest BCUT2D eigenvalue weighted by Gasteiger charge is 2.65. The van der Waals surface area contributed by atoms with Gasteiger partial charge in [0.15, 0.2) is 0 Å². The molecule has 0 saturated carbocycles. The topological polar surface area (TPSA) is 70.0 Å². The lowest BCUT2D eigenvalue weighted by molar-refractivity contribution is -0.163. The lowest BCUT2D eigenvalue weighted by atomic mass is 9.89. The van der Waals surface area contributed by atoms with E-state index in [1.54, 1.807) is 12.1 Å². The first kappa shape index (κ1) is 19.0. The van der Waals surface area contributed by atoms with E-state index < -0.39 is 23.5 Å². The number of rotatable bonds is 4. The molecule has 0 bridgehead atoms. The summed E-state index contributed by atoms with van der Waals surface area (Å²) in [7, 11) is 2.51. The van der Waals surface area contributed by atoms with Gasteiger partial charge in [0, 0.05) is 11.7 Å². The SMILES string of the molecule is COC(=O)C1(C(=O)OC)C(n2ccc3ccccc32)CON1c1ccc(C)cc1. The van der Waals surface area contributed by atoms with Crippen molar-refractivity contribution in [3.63, 3.8) is 0 Å². The molecule has 0 amide bonds. The Balaban J connectivity index is 1.94. The van der Waals surface area contributed by atoms with Crippen molar-refractivity contribution in [2.75, 3.05) is 25.9 Å². The molecule has 1 aliphatic heterocycles. The molecule has 3 aromatic rings. The van der Waals surface area contributed by atoms with Gasteiger partial charge >= 0.3 is 11.9 Å². The monoisotopic (exact) mass is 394 g/mol. The largest absolute Gasteiger partial charge is 0.467 e. The first-order chi connectivity index (χ1) is 14.0. The molecular weight excluding hydrogens is 372 g/mol. The van der Waals surface area contributed by atoms with Gasteiger partial charge in [-0.15, -0.1) is 0 Å². The molecule has 1 atom stereocenters. The zero-order valence-corrected chi connectivity index (χ0v) is 16.5. The number of nitrogens with zero attached hydrogens (tertiary/aromatic N) is 2. The van der Waals surface area contributed by atoms with Crippen molar-refractivity contribution >= 4 is 28.5 Å². The summed E-state index contributed by atoms with van der Waals surface area (Å²) in [5.74, 6) is -1.49. The van der Waals surface area contributed by atoms with Crippen molar-refractivity contribution in [2.24, 2.45) is 0 Å². The second-order valence-corrected chi connectivity index (χ2v) is 6.97. The molecule has 150 valence electrons. The van der Waals surface area contributed by atoms with Gasteiger partial charge in [0.05, 0.1) is 26.5 Å². The predicted octanol–water partition coefficient (Wildman–Crippen LogP) is 3.03. The van der Waals surface area contributed by atoms with Crippen LogP contribution >= 0.6 is 0 Å². The van der Waals surface area contributed by atoms with Gasteiger partial charge in [-0.1, -0.05) is 35.9 Å². The normalized spacial score (nSPS) is 18.0. The van der Waals surface area contributed by atoms with Gasteiger partial charge in [-0.25, -0.2) is 14.7 Å². The average molecular weight is 394 g/mol. The summed E-state index contributed by atoms with van der Waals surface area (Å²) in [6, 6.07) is 16.4. The van der Waals surface area contributed by atoms with Crippen LogP contribution in [0.1, 0.15) is 11.6 Å². The van der Waals surface area contributed by atoms with Gasteiger partial charge in [-0.3, -0.25) is 4.84 Å². The number of benzene rings is 2. The second-order valence-electron chi connectivity index (χ2n) is 6.97.